The number of hydrogen-bond acceptors (Lipinski definition) is 5. The van der Waals surface area contributed by atoms with E-state index < -0.39 is 12.8 Å². The number of H-pyrrole nitrogens is 1. The number of ether oxygens (including phenoxy) is 2. The van der Waals surface area contributed by atoms with E-state index in [9.17, 15) is 13.2 Å². The van der Waals surface area contributed by atoms with Crippen molar-refractivity contribution in [1.82, 2.24) is 15.0 Å². The van der Waals surface area contributed by atoms with E-state index in [1.165, 1.54) is 23.9 Å². The van der Waals surface area contributed by atoms with Crippen LogP contribution in [0.2, 0.25) is 0 Å². The number of fused-ring (bicyclic) bond motifs is 1. The quantitative estimate of drug-likeness (QED) is 0.609. The topological polar surface area (TPSA) is 60.0 Å². The van der Waals surface area contributed by atoms with Crippen molar-refractivity contribution in [3.05, 3.63) is 41.7 Å². The van der Waals surface area contributed by atoms with Crippen LogP contribution in [0.25, 0.3) is 11.0 Å². The highest BCUT2D eigenvalue weighted by Crippen LogP contribution is 2.28. The van der Waals surface area contributed by atoms with Gasteiger partial charge in [0.2, 0.25) is 0 Å². The van der Waals surface area contributed by atoms with Gasteiger partial charge in [-0.3, -0.25) is 4.98 Å². The molecular weight excluding hydrogens is 367 g/mol. The van der Waals surface area contributed by atoms with E-state index in [0.29, 0.717) is 21.9 Å². The Bertz CT molecular complexity index is 917. The minimum absolute atomic E-state index is 0.145. The molecule has 0 saturated carbocycles. The minimum atomic E-state index is -3.85. The van der Waals surface area contributed by atoms with Crippen molar-refractivity contribution >= 4 is 22.8 Å². The first-order valence-corrected chi connectivity index (χ1v) is 8.63. The first kappa shape index (κ1) is 18.4. The molecule has 26 heavy (non-hydrogen) atoms. The third-order valence-corrected chi connectivity index (χ3v) is 4.45. The standard InChI is InChI=1S/C17H16F3N3O2S/c1-10-7-21-11(5-15(10)24-2)8-26-16-22-13-4-3-12(6-14(13)23-16)25-17(19,20)9-18/h3-7H,8-9H2,1-2H3,(H,22,23). The Morgan fingerprint density at radius 1 is 1.27 bits per heavy atom. The number of alkyl halides is 3. The molecule has 0 saturated heterocycles. The number of methoxy groups -OCH3 is 1. The van der Waals surface area contributed by atoms with Crippen LogP contribution in [0.15, 0.2) is 35.6 Å². The maximum absolute atomic E-state index is 13.0. The highest BCUT2D eigenvalue weighted by molar-refractivity contribution is 7.98. The van der Waals surface area contributed by atoms with Crippen molar-refractivity contribution in [3.8, 4) is 11.5 Å². The Labute approximate surface area is 151 Å². The van der Waals surface area contributed by atoms with Gasteiger partial charge in [-0.05, 0) is 19.1 Å². The first-order valence-electron chi connectivity index (χ1n) is 7.65. The Morgan fingerprint density at radius 2 is 2.08 bits per heavy atom. The van der Waals surface area contributed by atoms with Gasteiger partial charge in [-0.25, -0.2) is 9.37 Å². The van der Waals surface area contributed by atoms with Crippen LogP contribution in [0.5, 0.6) is 11.5 Å². The molecule has 0 spiro atoms. The number of halogens is 3. The molecule has 0 aliphatic carbocycles. The summed E-state index contributed by atoms with van der Waals surface area (Å²) in [5.41, 5.74) is 2.89. The van der Waals surface area contributed by atoms with Crippen molar-refractivity contribution in [2.75, 3.05) is 13.8 Å². The van der Waals surface area contributed by atoms with Crippen LogP contribution in [0.4, 0.5) is 13.2 Å². The van der Waals surface area contributed by atoms with Gasteiger partial charge in [0.15, 0.2) is 11.8 Å². The number of nitrogens with zero attached hydrogens (tertiary/aromatic N) is 2. The van der Waals surface area contributed by atoms with E-state index >= 15 is 0 Å². The Morgan fingerprint density at radius 3 is 2.81 bits per heavy atom. The van der Waals surface area contributed by atoms with Gasteiger partial charge in [-0.1, -0.05) is 11.8 Å². The van der Waals surface area contributed by atoms with Crippen LogP contribution in [-0.2, 0) is 5.75 Å². The summed E-state index contributed by atoms with van der Waals surface area (Å²) in [6.45, 7) is 0.0216. The molecule has 0 amide bonds. The summed E-state index contributed by atoms with van der Waals surface area (Å²) in [6.07, 6.45) is -2.11. The van der Waals surface area contributed by atoms with E-state index in [4.69, 9.17) is 4.74 Å². The zero-order valence-electron chi connectivity index (χ0n) is 14.1. The molecule has 0 aliphatic rings. The zero-order valence-corrected chi connectivity index (χ0v) is 14.9. The number of hydrogen-bond donors (Lipinski definition) is 1. The van der Waals surface area contributed by atoms with Crippen molar-refractivity contribution in [3.63, 3.8) is 0 Å². The molecule has 0 aliphatic heterocycles. The highest BCUT2D eigenvalue weighted by atomic mass is 32.2. The predicted molar refractivity (Wildman–Crippen MR) is 92.7 cm³/mol. The summed E-state index contributed by atoms with van der Waals surface area (Å²) >= 11 is 1.41. The Balaban J connectivity index is 1.73. The average molecular weight is 383 g/mol. The number of aryl methyl sites for hydroxylation is 1. The SMILES string of the molecule is COc1cc(CSc2nc3cc(OC(F)(F)CF)ccc3[nH]2)ncc1C. The first-order chi connectivity index (χ1) is 12.4. The fraction of sp³-hybridized carbons (Fsp3) is 0.294. The van der Waals surface area contributed by atoms with Gasteiger partial charge in [0, 0.05) is 29.6 Å². The second-order valence-electron chi connectivity index (χ2n) is 5.53. The van der Waals surface area contributed by atoms with E-state index in [0.717, 1.165) is 17.0 Å². The predicted octanol–water partition coefficient (Wildman–Crippen LogP) is 4.51. The van der Waals surface area contributed by atoms with E-state index in [1.807, 2.05) is 13.0 Å². The third-order valence-electron chi connectivity index (χ3n) is 3.54. The van der Waals surface area contributed by atoms with Crippen molar-refractivity contribution < 1.29 is 22.6 Å². The maximum Gasteiger partial charge on any atom is 0.427 e. The van der Waals surface area contributed by atoms with Gasteiger partial charge in [-0.2, -0.15) is 8.78 Å². The molecule has 2 heterocycles. The van der Waals surface area contributed by atoms with Crippen LogP contribution >= 0.6 is 11.8 Å². The molecule has 9 heteroatoms. The van der Waals surface area contributed by atoms with Gasteiger partial charge in [0.25, 0.3) is 0 Å². The molecular formula is C17H16F3N3O2S. The van der Waals surface area contributed by atoms with Gasteiger partial charge in [0.05, 0.1) is 23.8 Å². The molecule has 5 nitrogen and oxygen atoms in total. The van der Waals surface area contributed by atoms with E-state index in [2.05, 4.69) is 19.7 Å². The molecule has 0 bridgehead atoms. The second-order valence-corrected chi connectivity index (χ2v) is 6.49. The largest absolute Gasteiger partial charge is 0.496 e. The van der Waals surface area contributed by atoms with Crippen molar-refractivity contribution in [2.45, 2.75) is 23.9 Å². The molecule has 0 fully saturated rings. The molecule has 0 radical (unpaired) electrons. The fourth-order valence-corrected chi connectivity index (χ4v) is 3.07. The van der Waals surface area contributed by atoms with Crippen molar-refractivity contribution in [1.29, 1.82) is 0 Å². The van der Waals surface area contributed by atoms with Crippen LogP contribution in [0.1, 0.15) is 11.3 Å². The van der Waals surface area contributed by atoms with Gasteiger partial charge in [0.1, 0.15) is 11.5 Å². The molecule has 0 atom stereocenters. The number of imidazole rings is 1. The molecule has 1 N–H and O–H groups in total. The van der Waals surface area contributed by atoms with Gasteiger partial charge >= 0.3 is 6.11 Å². The van der Waals surface area contributed by atoms with Crippen molar-refractivity contribution in [2.24, 2.45) is 0 Å². The number of thioether (sulfide) groups is 1. The van der Waals surface area contributed by atoms with E-state index in [1.54, 1.807) is 19.4 Å². The van der Waals surface area contributed by atoms with Crippen LogP contribution in [-0.4, -0.2) is 34.8 Å². The number of nitrogens with one attached hydrogen (secondary N) is 1. The summed E-state index contributed by atoms with van der Waals surface area (Å²) in [7, 11) is 1.60. The number of aromatic amines is 1. The van der Waals surface area contributed by atoms with Crippen LogP contribution < -0.4 is 9.47 Å². The summed E-state index contributed by atoms with van der Waals surface area (Å²) < 4.78 is 47.8. The molecule has 1 aromatic carbocycles. The van der Waals surface area contributed by atoms with Crippen LogP contribution in [0, 0.1) is 6.92 Å². The molecule has 138 valence electrons. The summed E-state index contributed by atoms with van der Waals surface area (Å²) in [4.78, 5) is 11.8. The molecule has 3 aromatic rings. The number of pyridine rings is 1. The molecule has 3 rings (SSSR count). The van der Waals surface area contributed by atoms with Crippen LogP contribution in [0.3, 0.4) is 0 Å². The fourth-order valence-electron chi connectivity index (χ4n) is 2.28. The lowest BCUT2D eigenvalue weighted by atomic mass is 10.2. The number of benzene rings is 1. The maximum atomic E-state index is 13.0. The lowest BCUT2D eigenvalue weighted by Gasteiger charge is -2.13. The lowest BCUT2D eigenvalue weighted by Crippen LogP contribution is -2.26. The Hall–Kier alpha value is -2.42. The second kappa shape index (κ2) is 7.45. The number of aromatic nitrogens is 3. The molecule has 2 aromatic heterocycles. The molecule has 0 unspecified atom stereocenters. The monoisotopic (exact) mass is 383 g/mol. The van der Waals surface area contributed by atoms with Gasteiger partial charge < -0.3 is 14.5 Å². The third kappa shape index (κ3) is 4.21. The average Bonchev–Trinajstić information content (AvgIpc) is 3.03. The zero-order chi connectivity index (χ0) is 18.7. The summed E-state index contributed by atoms with van der Waals surface area (Å²) in [6, 6.07) is 6.09. The van der Waals surface area contributed by atoms with Gasteiger partial charge in [-0.15, -0.1) is 0 Å². The highest BCUT2D eigenvalue weighted by Gasteiger charge is 2.31. The summed E-state index contributed by atoms with van der Waals surface area (Å²) in [5, 5.41) is 0.607. The Kier molecular flexibility index (Phi) is 5.26. The smallest absolute Gasteiger partial charge is 0.427 e. The summed E-state index contributed by atoms with van der Waals surface area (Å²) in [5.74, 6) is 1.17. The number of rotatable bonds is 7. The normalized spacial score (nSPS) is 11.7. The van der Waals surface area contributed by atoms with E-state index in [-0.39, 0.29) is 5.75 Å². The minimum Gasteiger partial charge on any atom is -0.496 e. The lowest BCUT2D eigenvalue weighted by molar-refractivity contribution is -0.186.